The van der Waals surface area contributed by atoms with Gasteiger partial charge in [0.05, 0.1) is 24.6 Å². The number of hydrogen-bond donors (Lipinski definition) is 3. The van der Waals surface area contributed by atoms with Crippen molar-refractivity contribution in [3.63, 3.8) is 0 Å². The molecule has 2 unspecified atom stereocenters. The van der Waals surface area contributed by atoms with E-state index in [0.29, 0.717) is 18.5 Å². The van der Waals surface area contributed by atoms with Gasteiger partial charge in [0.1, 0.15) is 12.4 Å². The summed E-state index contributed by atoms with van der Waals surface area (Å²) in [6, 6.07) is 0. The molecule has 0 spiro atoms. The van der Waals surface area contributed by atoms with Crippen LogP contribution in [-0.2, 0) is 13.8 Å². The van der Waals surface area contributed by atoms with Crippen LogP contribution in [0.5, 0.6) is 0 Å². The molecule has 25 heavy (non-hydrogen) atoms. The average molecular weight is 373 g/mol. The molecule has 1 fully saturated rings. The highest BCUT2D eigenvalue weighted by Gasteiger charge is 2.31. The first-order valence-electron chi connectivity index (χ1n) is 8.15. The van der Waals surface area contributed by atoms with Crippen LogP contribution in [-0.4, -0.2) is 42.1 Å². The minimum atomic E-state index is -4.48. The molecule has 2 atom stereocenters. The van der Waals surface area contributed by atoms with Crippen molar-refractivity contribution in [2.75, 3.05) is 12.3 Å². The Balaban J connectivity index is 0.000000511. The molecule has 1 aliphatic heterocycles. The standard InChI is InChI=1S/C10H14N5O5P.C4H10/c11-9-10-12-3-7(15(10)14-5-13-9)8-2-1-6(20-8)4-19-21(16,17)18;1-3-4-2/h3,5-6,8H,1-2,4H2,(H2,11,13,14)(H2,16,17,18);3-4H2,1-2H3. The highest BCUT2D eigenvalue weighted by atomic mass is 31.2. The fraction of sp³-hybridized carbons (Fsp3) is 0.643. The number of hydrogen-bond acceptors (Lipinski definition) is 7. The quantitative estimate of drug-likeness (QED) is 0.668. The van der Waals surface area contributed by atoms with Crippen molar-refractivity contribution in [3.8, 4) is 0 Å². The second kappa shape index (κ2) is 8.68. The molecule has 0 aliphatic carbocycles. The molecule has 11 heteroatoms. The number of nitrogen functional groups attached to an aromatic ring is 1. The summed E-state index contributed by atoms with van der Waals surface area (Å²) in [5.41, 5.74) is 6.88. The van der Waals surface area contributed by atoms with Gasteiger partial charge in [0, 0.05) is 0 Å². The number of imidazole rings is 1. The highest BCUT2D eigenvalue weighted by Crippen LogP contribution is 2.39. The molecular weight excluding hydrogens is 349 g/mol. The van der Waals surface area contributed by atoms with Crippen molar-refractivity contribution >= 4 is 19.3 Å². The SMILES string of the molecule is CCCC.Nc1ncnn2c(C3CCC(COP(=O)(O)O)O3)cnc12. The van der Waals surface area contributed by atoms with E-state index in [1.807, 2.05) is 0 Å². The molecule has 0 radical (unpaired) electrons. The number of aromatic nitrogens is 4. The normalized spacial score (nSPS) is 20.5. The van der Waals surface area contributed by atoms with E-state index in [0.717, 1.165) is 5.69 Å². The highest BCUT2D eigenvalue weighted by molar-refractivity contribution is 7.46. The van der Waals surface area contributed by atoms with Gasteiger partial charge in [0.25, 0.3) is 0 Å². The third-order valence-electron chi connectivity index (χ3n) is 3.72. The maximum atomic E-state index is 10.7. The fourth-order valence-electron chi connectivity index (χ4n) is 2.30. The van der Waals surface area contributed by atoms with Crippen LogP contribution in [0.15, 0.2) is 12.5 Å². The van der Waals surface area contributed by atoms with Crippen molar-refractivity contribution in [3.05, 3.63) is 18.2 Å². The Morgan fingerprint density at radius 3 is 2.72 bits per heavy atom. The van der Waals surface area contributed by atoms with E-state index in [9.17, 15) is 4.57 Å². The largest absolute Gasteiger partial charge is 0.469 e. The summed E-state index contributed by atoms with van der Waals surface area (Å²) in [6.45, 7) is 4.20. The Hall–Kier alpha value is -1.58. The maximum absolute atomic E-state index is 10.7. The summed E-state index contributed by atoms with van der Waals surface area (Å²) in [5.74, 6) is 0.274. The third-order valence-corrected chi connectivity index (χ3v) is 4.21. The first-order valence-corrected chi connectivity index (χ1v) is 9.68. The molecule has 140 valence electrons. The van der Waals surface area contributed by atoms with E-state index < -0.39 is 7.82 Å². The van der Waals surface area contributed by atoms with E-state index in [1.54, 1.807) is 10.7 Å². The van der Waals surface area contributed by atoms with Gasteiger partial charge in [-0.3, -0.25) is 4.52 Å². The topological polar surface area (TPSA) is 145 Å². The summed E-state index contributed by atoms with van der Waals surface area (Å²) in [4.78, 5) is 25.4. The van der Waals surface area contributed by atoms with Crippen molar-refractivity contribution in [2.24, 2.45) is 0 Å². The summed E-state index contributed by atoms with van der Waals surface area (Å²) < 4.78 is 22.4. The molecule has 1 aliphatic rings. The molecule has 2 aromatic rings. The van der Waals surface area contributed by atoms with Crippen LogP contribution in [0.3, 0.4) is 0 Å². The summed E-state index contributed by atoms with van der Waals surface area (Å²) in [7, 11) is -4.48. The Kier molecular flexibility index (Phi) is 6.86. The Labute approximate surface area is 145 Å². The molecule has 3 heterocycles. The predicted molar refractivity (Wildman–Crippen MR) is 90.6 cm³/mol. The molecule has 10 nitrogen and oxygen atoms in total. The molecule has 0 bridgehead atoms. The molecular formula is C14H24N5O5P. The lowest BCUT2D eigenvalue weighted by atomic mass is 10.1. The van der Waals surface area contributed by atoms with E-state index in [2.05, 4.69) is 33.4 Å². The van der Waals surface area contributed by atoms with E-state index in [-0.39, 0.29) is 24.6 Å². The molecule has 4 N–H and O–H groups in total. The molecule has 2 aromatic heterocycles. The number of phosphoric acid groups is 1. The second-order valence-electron chi connectivity index (χ2n) is 5.67. The van der Waals surface area contributed by atoms with Crippen molar-refractivity contribution < 1.29 is 23.6 Å². The molecule has 0 saturated carbocycles. The summed E-state index contributed by atoms with van der Waals surface area (Å²) in [5, 5.41) is 4.08. The molecule has 0 aromatic carbocycles. The van der Waals surface area contributed by atoms with Crippen LogP contribution < -0.4 is 5.73 Å². The fourth-order valence-corrected chi connectivity index (χ4v) is 2.66. The minimum absolute atomic E-state index is 0.158. The number of nitrogens with zero attached hydrogens (tertiary/aromatic N) is 4. The van der Waals surface area contributed by atoms with Gasteiger partial charge in [-0.1, -0.05) is 26.7 Å². The first kappa shape index (κ1) is 19.7. The lowest BCUT2D eigenvalue weighted by Gasteiger charge is -2.13. The van der Waals surface area contributed by atoms with Gasteiger partial charge in [-0.25, -0.2) is 19.0 Å². The van der Waals surface area contributed by atoms with Gasteiger partial charge in [-0.2, -0.15) is 5.10 Å². The van der Waals surface area contributed by atoms with E-state index >= 15 is 0 Å². The van der Waals surface area contributed by atoms with Crippen LogP contribution >= 0.6 is 7.82 Å². The van der Waals surface area contributed by atoms with Crippen LogP contribution in [0, 0.1) is 0 Å². The van der Waals surface area contributed by atoms with Gasteiger partial charge in [-0.15, -0.1) is 0 Å². The number of phosphoric ester groups is 1. The van der Waals surface area contributed by atoms with Gasteiger partial charge in [0.15, 0.2) is 11.5 Å². The molecule has 3 rings (SSSR count). The van der Waals surface area contributed by atoms with Gasteiger partial charge in [-0.05, 0) is 12.8 Å². The second-order valence-corrected chi connectivity index (χ2v) is 6.91. The summed E-state index contributed by atoms with van der Waals surface area (Å²) in [6.07, 6.45) is 6.21. The molecule has 0 amide bonds. The number of rotatable bonds is 5. The zero-order chi connectivity index (χ0) is 18.4. The van der Waals surface area contributed by atoms with Crippen LogP contribution in [0.4, 0.5) is 5.82 Å². The van der Waals surface area contributed by atoms with Crippen molar-refractivity contribution in [2.45, 2.75) is 51.7 Å². The van der Waals surface area contributed by atoms with Gasteiger partial charge in [0.2, 0.25) is 0 Å². The maximum Gasteiger partial charge on any atom is 0.469 e. The zero-order valence-corrected chi connectivity index (χ0v) is 15.2. The Morgan fingerprint density at radius 1 is 1.36 bits per heavy atom. The number of unbranched alkanes of at least 4 members (excludes halogenated alkanes) is 1. The van der Waals surface area contributed by atoms with Crippen LogP contribution in [0.2, 0.25) is 0 Å². The lowest BCUT2D eigenvalue weighted by Crippen LogP contribution is -2.14. The number of ether oxygens (including phenoxy) is 1. The smallest absolute Gasteiger partial charge is 0.381 e. The Bertz CT molecular complexity index is 731. The zero-order valence-electron chi connectivity index (χ0n) is 14.3. The van der Waals surface area contributed by atoms with Gasteiger partial charge >= 0.3 is 7.82 Å². The predicted octanol–water partition coefficient (Wildman–Crippen LogP) is 1.84. The van der Waals surface area contributed by atoms with Crippen molar-refractivity contribution in [1.82, 2.24) is 19.6 Å². The average Bonchev–Trinajstić information content (AvgIpc) is 3.19. The third kappa shape index (κ3) is 5.45. The first-order chi connectivity index (χ1) is 11.9. The van der Waals surface area contributed by atoms with Crippen molar-refractivity contribution in [1.29, 1.82) is 0 Å². The number of nitrogens with two attached hydrogens (primary N) is 1. The van der Waals surface area contributed by atoms with E-state index in [1.165, 1.54) is 19.2 Å². The van der Waals surface area contributed by atoms with Gasteiger partial charge < -0.3 is 20.3 Å². The lowest BCUT2D eigenvalue weighted by molar-refractivity contribution is 0.00779. The summed E-state index contributed by atoms with van der Waals surface area (Å²) >= 11 is 0. The van der Waals surface area contributed by atoms with E-state index in [4.69, 9.17) is 20.3 Å². The molecule has 1 saturated heterocycles. The number of anilines is 1. The van der Waals surface area contributed by atoms with Crippen LogP contribution in [0.1, 0.15) is 51.3 Å². The number of fused-ring (bicyclic) bond motifs is 1. The van der Waals surface area contributed by atoms with Crippen LogP contribution in [0.25, 0.3) is 5.65 Å². The Morgan fingerprint density at radius 2 is 2.08 bits per heavy atom. The monoisotopic (exact) mass is 373 g/mol. The minimum Gasteiger partial charge on any atom is -0.381 e.